The predicted molar refractivity (Wildman–Crippen MR) is 109 cm³/mol. The summed E-state index contributed by atoms with van der Waals surface area (Å²) >= 11 is 1.71. The zero-order valence-electron chi connectivity index (χ0n) is 15.4. The summed E-state index contributed by atoms with van der Waals surface area (Å²) < 4.78 is 0. The Morgan fingerprint density at radius 2 is 2.15 bits per heavy atom. The Labute approximate surface area is 159 Å². The number of aryl methyl sites for hydroxylation is 1. The highest BCUT2D eigenvalue weighted by Crippen LogP contribution is 2.26. The molecule has 1 aromatic heterocycles. The SMILES string of the molecule is CN=C(NCC(=O)N1CCCc2ccccc21)NCC(C)c1ccsc1. The number of nitrogens with one attached hydrogen (secondary N) is 2. The number of para-hydroxylation sites is 1. The summed E-state index contributed by atoms with van der Waals surface area (Å²) in [5.41, 5.74) is 3.61. The molecule has 0 bridgehead atoms. The smallest absolute Gasteiger partial charge is 0.246 e. The molecule has 1 atom stereocenters. The van der Waals surface area contributed by atoms with Crippen molar-refractivity contribution in [1.82, 2.24) is 10.6 Å². The van der Waals surface area contributed by atoms with E-state index in [9.17, 15) is 4.79 Å². The largest absolute Gasteiger partial charge is 0.356 e. The molecule has 0 radical (unpaired) electrons. The first-order valence-electron chi connectivity index (χ1n) is 9.04. The molecule has 3 rings (SSSR count). The van der Waals surface area contributed by atoms with Crippen LogP contribution in [0.4, 0.5) is 5.69 Å². The summed E-state index contributed by atoms with van der Waals surface area (Å²) in [5.74, 6) is 1.13. The number of hydrogen-bond donors (Lipinski definition) is 2. The van der Waals surface area contributed by atoms with E-state index in [2.05, 4.69) is 45.4 Å². The lowest BCUT2D eigenvalue weighted by atomic mass is 10.0. The number of nitrogens with zero attached hydrogens (tertiary/aromatic N) is 2. The molecule has 0 aliphatic carbocycles. The lowest BCUT2D eigenvalue weighted by molar-refractivity contribution is -0.117. The molecule has 1 aliphatic rings. The molecule has 2 heterocycles. The minimum Gasteiger partial charge on any atom is -0.356 e. The van der Waals surface area contributed by atoms with E-state index < -0.39 is 0 Å². The van der Waals surface area contributed by atoms with Crippen molar-refractivity contribution in [3.63, 3.8) is 0 Å². The highest BCUT2D eigenvalue weighted by Gasteiger charge is 2.22. The van der Waals surface area contributed by atoms with E-state index in [1.807, 2.05) is 23.1 Å². The summed E-state index contributed by atoms with van der Waals surface area (Å²) in [5, 5.41) is 10.7. The van der Waals surface area contributed by atoms with E-state index in [1.54, 1.807) is 18.4 Å². The van der Waals surface area contributed by atoms with E-state index >= 15 is 0 Å². The van der Waals surface area contributed by atoms with Crippen molar-refractivity contribution in [2.75, 3.05) is 31.6 Å². The molecule has 1 aromatic carbocycles. The molecule has 138 valence electrons. The second-order valence-electron chi connectivity index (χ2n) is 6.54. The molecule has 5 nitrogen and oxygen atoms in total. The normalized spacial score (nSPS) is 15.3. The first kappa shape index (κ1) is 18.5. The van der Waals surface area contributed by atoms with Crippen LogP contribution in [0, 0.1) is 0 Å². The van der Waals surface area contributed by atoms with Gasteiger partial charge in [0.05, 0.1) is 6.54 Å². The van der Waals surface area contributed by atoms with Crippen molar-refractivity contribution < 1.29 is 4.79 Å². The zero-order chi connectivity index (χ0) is 18.4. The van der Waals surface area contributed by atoms with Gasteiger partial charge in [-0.25, -0.2) is 0 Å². The average Bonchev–Trinajstić information content (AvgIpc) is 3.22. The topological polar surface area (TPSA) is 56.7 Å². The van der Waals surface area contributed by atoms with Crippen LogP contribution in [0.1, 0.15) is 30.4 Å². The van der Waals surface area contributed by atoms with Crippen LogP contribution in [0.15, 0.2) is 46.1 Å². The number of amides is 1. The summed E-state index contributed by atoms with van der Waals surface area (Å²) in [6, 6.07) is 10.3. The maximum absolute atomic E-state index is 12.7. The molecule has 1 unspecified atom stereocenters. The summed E-state index contributed by atoms with van der Waals surface area (Å²) in [6.45, 7) is 3.97. The molecule has 0 spiro atoms. The number of carbonyl (C=O) groups is 1. The van der Waals surface area contributed by atoms with Crippen LogP contribution in [0.2, 0.25) is 0 Å². The molecule has 2 aromatic rings. The monoisotopic (exact) mass is 370 g/mol. The highest BCUT2D eigenvalue weighted by molar-refractivity contribution is 7.07. The molecule has 0 saturated heterocycles. The third-order valence-corrected chi connectivity index (χ3v) is 5.43. The van der Waals surface area contributed by atoms with Gasteiger partial charge in [0.2, 0.25) is 5.91 Å². The first-order chi connectivity index (χ1) is 12.7. The Kier molecular flexibility index (Phi) is 6.28. The molecule has 2 N–H and O–H groups in total. The van der Waals surface area contributed by atoms with Crippen LogP contribution in [-0.2, 0) is 11.2 Å². The van der Waals surface area contributed by atoms with Crippen molar-refractivity contribution in [3.05, 3.63) is 52.2 Å². The first-order valence-corrected chi connectivity index (χ1v) is 9.98. The van der Waals surface area contributed by atoms with Gasteiger partial charge >= 0.3 is 0 Å². The van der Waals surface area contributed by atoms with Crippen molar-refractivity contribution in [3.8, 4) is 0 Å². The van der Waals surface area contributed by atoms with Crippen LogP contribution in [-0.4, -0.2) is 38.5 Å². The maximum atomic E-state index is 12.7. The quantitative estimate of drug-likeness (QED) is 0.628. The van der Waals surface area contributed by atoms with Gasteiger partial charge in [-0.2, -0.15) is 11.3 Å². The van der Waals surface area contributed by atoms with Gasteiger partial charge in [-0.15, -0.1) is 0 Å². The number of anilines is 1. The Morgan fingerprint density at radius 3 is 2.92 bits per heavy atom. The number of hydrogen-bond acceptors (Lipinski definition) is 3. The van der Waals surface area contributed by atoms with Crippen LogP contribution in [0.5, 0.6) is 0 Å². The number of aliphatic imine (C=N–C) groups is 1. The molecule has 0 saturated carbocycles. The third-order valence-electron chi connectivity index (χ3n) is 4.73. The molecule has 1 amide bonds. The Morgan fingerprint density at radius 1 is 1.31 bits per heavy atom. The molecular weight excluding hydrogens is 344 g/mol. The van der Waals surface area contributed by atoms with Crippen molar-refractivity contribution in [2.24, 2.45) is 4.99 Å². The molecule has 1 aliphatic heterocycles. The fourth-order valence-electron chi connectivity index (χ4n) is 3.19. The molecular formula is C20H26N4OS. The van der Waals surface area contributed by atoms with E-state index in [-0.39, 0.29) is 12.5 Å². The number of benzene rings is 1. The summed E-state index contributed by atoms with van der Waals surface area (Å²) in [7, 11) is 1.73. The van der Waals surface area contributed by atoms with Gasteiger partial charge in [-0.3, -0.25) is 9.79 Å². The van der Waals surface area contributed by atoms with Crippen LogP contribution < -0.4 is 15.5 Å². The Hall–Kier alpha value is -2.34. The fourth-order valence-corrected chi connectivity index (χ4v) is 3.97. The minimum absolute atomic E-state index is 0.0750. The Balaban J connectivity index is 1.52. The highest BCUT2D eigenvalue weighted by atomic mass is 32.1. The fraction of sp³-hybridized carbons (Fsp3) is 0.400. The van der Waals surface area contributed by atoms with Crippen molar-refractivity contribution in [2.45, 2.75) is 25.7 Å². The zero-order valence-corrected chi connectivity index (χ0v) is 16.2. The molecule has 0 fully saturated rings. The number of rotatable bonds is 5. The predicted octanol–water partition coefficient (Wildman–Crippen LogP) is 3.00. The third kappa shape index (κ3) is 4.43. The van der Waals surface area contributed by atoms with E-state index in [1.165, 1.54) is 11.1 Å². The van der Waals surface area contributed by atoms with Gasteiger partial charge in [0.15, 0.2) is 5.96 Å². The van der Waals surface area contributed by atoms with Gasteiger partial charge in [0.25, 0.3) is 0 Å². The Bertz CT molecular complexity index is 757. The standard InChI is InChI=1S/C20H26N4OS/c1-15(17-9-11-26-14-17)12-22-20(21-2)23-13-19(25)24-10-5-7-16-6-3-4-8-18(16)24/h3-4,6,8-9,11,14-15H,5,7,10,12-13H2,1-2H3,(H2,21,22,23). The number of carbonyl (C=O) groups excluding carboxylic acids is 1. The van der Waals surface area contributed by atoms with Crippen molar-refractivity contribution in [1.29, 1.82) is 0 Å². The van der Waals surface area contributed by atoms with E-state index in [0.29, 0.717) is 11.9 Å². The maximum Gasteiger partial charge on any atom is 0.246 e. The lowest BCUT2D eigenvalue weighted by Gasteiger charge is -2.29. The number of fused-ring (bicyclic) bond motifs is 1. The van der Waals surface area contributed by atoms with Gasteiger partial charge < -0.3 is 15.5 Å². The van der Waals surface area contributed by atoms with E-state index in [4.69, 9.17) is 0 Å². The van der Waals surface area contributed by atoms with Crippen LogP contribution in [0.25, 0.3) is 0 Å². The summed E-state index contributed by atoms with van der Waals surface area (Å²) in [4.78, 5) is 18.8. The number of thiophene rings is 1. The van der Waals surface area contributed by atoms with E-state index in [0.717, 1.165) is 31.6 Å². The lowest BCUT2D eigenvalue weighted by Crippen LogP contribution is -2.46. The molecule has 6 heteroatoms. The van der Waals surface area contributed by atoms with Crippen LogP contribution >= 0.6 is 11.3 Å². The van der Waals surface area contributed by atoms with Gasteiger partial charge in [-0.1, -0.05) is 25.1 Å². The van der Waals surface area contributed by atoms with Crippen molar-refractivity contribution >= 4 is 28.9 Å². The average molecular weight is 371 g/mol. The van der Waals surface area contributed by atoms with Crippen LogP contribution in [0.3, 0.4) is 0 Å². The van der Waals surface area contributed by atoms with Gasteiger partial charge in [0.1, 0.15) is 0 Å². The van der Waals surface area contributed by atoms with Gasteiger partial charge in [-0.05, 0) is 52.8 Å². The second kappa shape index (κ2) is 8.85. The summed E-state index contributed by atoms with van der Waals surface area (Å²) in [6.07, 6.45) is 2.05. The second-order valence-corrected chi connectivity index (χ2v) is 7.32. The molecule has 26 heavy (non-hydrogen) atoms. The van der Waals surface area contributed by atoms with Gasteiger partial charge in [0, 0.05) is 25.8 Å². The number of guanidine groups is 1. The minimum atomic E-state index is 0.0750.